The van der Waals surface area contributed by atoms with Gasteiger partial charge in [0.15, 0.2) is 0 Å². The van der Waals surface area contributed by atoms with Crippen LogP contribution < -0.4 is 0 Å². The summed E-state index contributed by atoms with van der Waals surface area (Å²) in [5.74, 6) is 0.261. The summed E-state index contributed by atoms with van der Waals surface area (Å²) in [6.45, 7) is 2.66. The Bertz CT molecular complexity index is 610. The molecule has 0 saturated carbocycles. The molecule has 8 heteroatoms. The highest BCUT2D eigenvalue weighted by molar-refractivity contribution is 7.89. The average Bonchev–Trinajstić information content (AvgIpc) is 3.19. The Labute approximate surface area is 137 Å². The maximum Gasteiger partial charge on any atom is 0.216 e. The van der Waals surface area contributed by atoms with Gasteiger partial charge in [0.2, 0.25) is 10.0 Å². The molecule has 2 aliphatic rings. The maximum atomic E-state index is 12.6. The van der Waals surface area contributed by atoms with Gasteiger partial charge in [-0.15, -0.1) is 0 Å². The van der Waals surface area contributed by atoms with E-state index >= 15 is 0 Å². The van der Waals surface area contributed by atoms with E-state index in [0.29, 0.717) is 26.3 Å². The van der Waals surface area contributed by atoms with Gasteiger partial charge in [0.05, 0.1) is 25.1 Å². The predicted molar refractivity (Wildman–Crippen MR) is 85.7 cm³/mol. The number of nitrogens with zero attached hydrogens (tertiary/aromatic N) is 3. The van der Waals surface area contributed by atoms with Crippen molar-refractivity contribution in [3.8, 4) is 0 Å². The zero-order valence-corrected chi connectivity index (χ0v) is 14.4. The largest absolute Gasteiger partial charge is 0.379 e. The van der Waals surface area contributed by atoms with Crippen LogP contribution in [0.2, 0.25) is 0 Å². The number of rotatable bonds is 6. The fraction of sp³-hybridized carbons (Fsp3) is 0.800. The van der Waals surface area contributed by atoms with Crippen molar-refractivity contribution in [3.63, 3.8) is 0 Å². The first kappa shape index (κ1) is 16.9. The van der Waals surface area contributed by atoms with Crippen molar-refractivity contribution in [2.24, 2.45) is 7.05 Å². The Hall–Kier alpha value is -0.960. The van der Waals surface area contributed by atoms with E-state index in [1.54, 1.807) is 10.5 Å². The molecular weight excluding hydrogens is 318 g/mol. The number of piperidine rings is 1. The molecule has 130 valence electrons. The highest BCUT2D eigenvalue weighted by Gasteiger charge is 2.30. The van der Waals surface area contributed by atoms with Crippen molar-refractivity contribution in [2.45, 2.75) is 31.3 Å². The smallest absolute Gasteiger partial charge is 0.216 e. The van der Waals surface area contributed by atoms with Crippen LogP contribution in [0, 0.1) is 0 Å². The quantitative estimate of drug-likeness (QED) is 0.761. The average molecular weight is 343 g/mol. The molecule has 1 aromatic heterocycles. The minimum Gasteiger partial charge on any atom is -0.379 e. The van der Waals surface area contributed by atoms with Gasteiger partial charge in [-0.05, 0) is 25.3 Å². The van der Waals surface area contributed by atoms with Crippen LogP contribution in [0.4, 0.5) is 0 Å². The Morgan fingerprint density at radius 1 is 1.43 bits per heavy atom. The van der Waals surface area contributed by atoms with Gasteiger partial charge in [-0.3, -0.25) is 4.68 Å². The number of hydrogen-bond acceptors (Lipinski definition) is 5. The maximum absolute atomic E-state index is 12.6. The van der Waals surface area contributed by atoms with E-state index in [-0.39, 0.29) is 24.4 Å². The summed E-state index contributed by atoms with van der Waals surface area (Å²) >= 11 is 0. The molecular formula is C15H25N3O4S. The van der Waals surface area contributed by atoms with Crippen LogP contribution in [0.3, 0.4) is 0 Å². The van der Waals surface area contributed by atoms with Crippen LogP contribution in [0.15, 0.2) is 12.3 Å². The van der Waals surface area contributed by atoms with E-state index in [0.717, 1.165) is 25.0 Å². The molecule has 0 bridgehead atoms. The summed E-state index contributed by atoms with van der Waals surface area (Å²) < 4.78 is 39.4. The third-order valence-corrected chi connectivity index (χ3v) is 6.44. The van der Waals surface area contributed by atoms with Crippen molar-refractivity contribution in [3.05, 3.63) is 18.0 Å². The second kappa shape index (κ2) is 7.29. The molecule has 2 atom stereocenters. The fourth-order valence-corrected chi connectivity index (χ4v) is 4.69. The van der Waals surface area contributed by atoms with E-state index in [1.807, 2.05) is 17.8 Å². The number of hydrogen-bond donors (Lipinski definition) is 0. The minimum absolute atomic E-state index is 0.0433. The monoisotopic (exact) mass is 343 g/mol. The Morgan fingerprint density at radius 3 is 3.00 bits per heavy atom. The lowest BCUT2D eigenvalue weighted by Gasteiger charge is -2.32. The molecule has 2 aliphatic heterocycles. The molecule has 2 fully saturated rings. The zero-order valence-electron chi connectivity index (χ0n) is 13.6. The second-order valence-electron chi connectivity index (χ2n) is 6.25. The van der Waals surface area contributed by atoms with E-state index in [4.69, 9.17) is 9.47 Å². The molecule has 0 aliphatic carbocycles. The van der Waals surface area contributed by atoms with Crippen LogP contribution in [0.25, 0.3) is 0 Å². The van der Waals surface area contributed by atoms with Crippen LogP contribution in [0.5, 0.6) is 0 Å². The van der Waals surface area contributed by atoms with Gasteiger partial charge >= 0.3 is 0 Å². The standard InChI is InChI=1S/C15H25N3O4S/c1-17-15(4-6-16-17)13-3-2-7-18(11-13)23(19,20)10-9-22-14-5-8-21-12-14/h4,6,13-14H,2-3,5,7-12H2,1H3. The highest BCUT2D eigenvalue weighted by atomic mass is 32.2. The SMILES string of the molecule is Cn1nccc1C1CCCN(S(=O)(=O)CCOC2CCOC2)C1. The molecule has 23 heavy (non-hydrogen) atoms. The lowest BCUT2D eigenvalue weighted by atomic mass is 9.96. The van der Waals surface area contributed by atoms with Gasteiger partial charge in [0.25, 0.3) is 0 Å². The van der Waals surface area contributed by atoms with E-state index in [1.165, 1.54) is 0 Å². The molecule has 3 heterocycles. The summed E-state index contributed by atoms with van der Waals surface area (Å²) in [6, 6.07) is 1.98. The zero-order chi connectivity index (χ0) is 16.3. The number of sulfonamides is 1. The third-order valence-electron chi connectivity index (χ3n) is 4.64. The van der Waals surface area contributed by atoms with Gasteiger partial charge < -0.3 is 9.47 Å². The van der Waals surface area contributed by atoms with Crippen molar-refractivity contribution < 1.29 is 17.9 Å². The van der Waals surface area contributed by atoms with E-state index in [2.05, 4.69) is 5.10 Å². The Balaban J connectivity index is 1.55. The summed E-state index contributed by atoms with van der Waals surface area (Å²) in [7, 11) is -1.37. The summed E-state index contributed by atoms with van der Waals surface area (Å²) in [5, 5.41) is 4.19. The lowest BCUT2D eigenvalue weighted by Crippen LogP contribution is -2.41. The molecule has 0 radical (unpaired) electrons. The van der Waals surface area contributed by atoms with Gasteiger partial charge in [-0.1, -0.05) is 0 Å². The Kier molecular flexibility index (Phi) is 5.35. The second-order valence-corrected chi connectivity index (χ2v) is 8.34. The molecule has 2 unspecified atom stereocenters. The number of aryl methyl sites for hydroxylation is 1. The van der Waals surface area contributed by atoms with Crippen molar-refractivity contribution in [1.29, 1.82) is 0 Å². The summed E-state index contributed by atoms with van der Waals surface area (Å²) in [5.41, 5.74) is 1.10. The van der Waals surface area contributed by atoms with Crippen LogP contribution in [-0.4, -0.2) is 67.3 Å². The molecule has 0 spiro atoms. The first-order valence-electron chi connectivity index (χ1n) is 8.21. The van der Waals surface area contributed by atoms with Crippen LogP contribution >= 0.6 is 0 Å². The Morgan fingerprint density at radius 2 is 2.30 bits per heavy atom. The first-order valence-corrected chi connectivity index (χ1v) is 9.82. The minimum atomic E-state index is -3.27. The van der Waals surface area contributed by atoms with E-state index < -0.39 is 10.0 Å². The number of aromatic nitrogens is 2. The molecule has 0 N–H and O–H groups in total. The summed E-state index contributed by atoms with van der Waals surface area (Å²) in [4.78, 5) is 0. The van der Waals surface area contributed by atoms with Crippen molar-refractivity contribution in [2.75, 3.05) is 38.7 Å². The molecule has 0 amide bonds. The summed E-state index contributed by atoms with van der Waals surface area (Å²) in [6.07, 6.45) is 4.55. The predicted octanol–water partition coefficient (Wildman–Crippen LogP) is 0.735. The highest BCUT2D eigenvalue weighted by Crippen LogP contribution is 2.28. The molecule has 3 rings (SSSR count). The topological polar surface area (TPSA) is 73.7 Å². The number of ether oxygens (including phenoxy) is 2. The third kappa shape index (κ3) is 4.12. The molecule has 2 saturated heterocycles. The van der Waals surface area contributed by atoms with E-state index in [9.17, 15) is 8.42 Å². The van der Waals surface area contributed by atoms with Gasteiger partial charge in [-0.25, -0.2) is 12.7 Å². The molecule has 1 aromatic rings. The van der Waals surface area contributed by atoms with Crippen molar-refractivity contribution >= 4 is 10.0 Å². The van der Waals surface area contributed by atoms with Gasteiger partial charge in [-0.2, -0.15) is 5.10 Å². The normalized spacial score (nSPS) is 26.7. The molecule has 0 aromatic carbocycles. The van der Waals surface area contributed by atoms with Crippen molar-refractivity contribution in [1.82, 2.24) is 14.1 Å². The molecule has 7 nitrogen and oxygen atoms in total. The first-order chi connectivity index (χ1) is 11.1. The van der Waals surface area contributed by atoms with Gasteiger partial charge in [0, 0.05) is 44.6 Å². The van der Waals surface area contributed by atoms with Gasteiger partial charge in [0.1, 0.15) is 0 Å². The fourth-order valence-electron chi connectivity index (χ4n) is 3.31. The van der Waals surface area contributed by atoms with Crippen LogP contribution in [0.1, 0.15) is 30.9 Å². The lowest BCUT2D eigenvalue weighted by molar-refractivity contribution is 0.0515. The van der Waals surface area contributed by atoms with Crippen LogP contribution in [-0.2, 0) is 26.5 Å².